The Morgan fingerprint density at radius 1 is 1.22 bits per heavy atom. The van der Waals surface area contributed by atoms with Crippen molar-refractivity contribution in [3.05, 3.63) is 59.4 Å². The molecular formula is C26H34N8O2. The van der Waals surface area contributed by atoms with Crippen LogP contribution in [0.5, 0.6) is 5.75 Å². The minimum absolute atomic E-state index is 0.0399. The van der Waals surface area contributed by atoms with Crippen molar-refractivity contribution in [1.82, 2.24) is 25.9 Å². The van der Waals surface area contributed by atoms with Gasteiger partial charge in [0.05, 0.1) is 18.7 Å². The van der Waals surface area contributed by atoms with E-state index in [1.54, 1.807) is 0 Å². The number of hydrogen-bond acceptors (Lipinski definition) is 7. The highest BCUT2D eigenvalue weighted by Crippen LogP contribution is 2.51. The number of benzene rings is 2. The number of carbonyl (C=O) groups excluding carboxylic acids is 1. The minimum atomic E-state index is -0.205. The number of fused-ring (bicyclic) bond motifs is 1. The summed E-state index contributed by atoms with van der Waals surface area (Å²) in [6.07, 6.45) is 5.11. The zero-order valence-electron chi connectivity index (χ0n) is 20.8. The second-order valence-electron chi connectivity index (χ2n) is 9.86. The Labute approximate surface area is 211 Å². The fraction of sp³-hybridized carbons (Fsp3) is 0.462. The molecule has 2 unspecified atom stereocenters. The van der Waals surface area contributed by atoms with Gasteiger partial charge < -0.3 is 26.0 Å². The first-order chi connectivity index (χ1) is 17.5. The summed E-state index contributed by atoms with van der Waals surface area (Å²) < 4.78 is 6.07. The van der Waals surface area contributed by atoms with Gasteiger partial charge in [-0.15, -0.1) is 5.10 Å². The number of aromatic nitrogens is 4. The summed E-state index contributed by atoms with van der Waals surface area (Å²) in [7, 11) is 0. The summed E-state index contributed by atoms with van der Waals surface area (Å²) >= 11 is 0. The zero-order chi connectivity index (χ0) is 25.1. The van der Waals surface area contributed by atoms with Gasteiger partial charge in [-0.05, 0) is 79.3 Å². The van der Waals surface area contributed by atoms with Gasteiger partial charge in [-0.2, -0.15) is 0 Å². The van der Waals surface area contributed by atoms with Gasteiger partial charge in [0.15, 0.2) is 0 Å². The molecule has 1 fully saturated rings. The number of amides is 2. The molecule has 10 heteroatoms. The molecule has 2 atom stereocenters. The van der Waals surface area contributed by atoms with Crippen LogP contribution >= 0.6 is 0 Å². The zero-order valence-corrected chi connectivity index (χ0v) is 20.8. The molecular weight excluding hydrogens is 456 g/mol. The van der Waals surface area contributed by atoms with Crippen molar-refractivity contribution in [2.24, 2.45) is 5.73 Å². The van der Waals surface area contributed by atoms with Gasteiger partial charge >= 0.3 is 6.03 Å². The molecule has 1 aliphatic carbocycles. The number of carbonyl (C=O) groups is 1. The molecule has 2 aromatic carbocycles. The number of aryl methyl sites for hydroxylation is 1. The van der Waals surface area contributed by atoms with Crippen molar-refractivity contribution in [3.8, 4) is 5.75 Å². The average molecular weight is 491 g/mol. The van der Waals surface area contributed by atoms with Crippen molar-refractivity contribution < 1.29 is 9.53 Å². The van der Waals surface area contributed by atoms with Gasteiger partial charge in [-0.3, -0.25) is 0 Å². The maximum absolute atomic E-state index is 12.1. The van der Waals surface area contributed by atoms with Crippen LogP contribution in [0.4, 0.5) is 16.2 Å². The smallest absolute Gasteiger partial charge is 0.319 e. The number of urea groups is 1. The second kappa shape index (κ2) is 10.5. The highest BCUT2D eigenvalue weighted by atomic mass is 16.5. The van der Waals surface area contributed by atoms with E-state index in [4.69, 9.17) is 10.5 Å². The molecule has 1 saturated carbocycles. The normalized spacial score (nSPS) is 19.2. The number of nitrogens with one attached hydrogen (secondary N) is 3. The Morgan fingerprint density at radius 3 is 2.69 bits per heavy atom. The molecule has 0 spiro atoms. The maximum Gasteiger partial charge on any atom is 0.319 e. The number of H-pyrrole nitrogens is 1. The lowest BCUT2D eigenvalue weighted by atomic mass is 9.89. The van der Waals surface area contributed by atoms with E-state index in [0.717, 1.165) is 59.8 Å². The molecule has 1 aromatic heterocycles. The number of rotatable bonds is 9. The first-order valence-corrected chi connectivity index (χ1v) is 12.7. The molecule has 36 heavy (non-hydrogen) atoms. The van der Waals surface area contributed by atoms with Gasteiger partial charge in [-0.25, -0.2) is 9.89 Å². The number of aromatic amines is 1. The number of anilines is 2. The van der Waals surface area contributed by atoms with Crippen molar-refractivity contribution >= 4 is 17.4 Å². The van der Waals surface area contributed by atoms with Crippen LogP contribution in [0, 0.1) is 0 Å². The molecule has 2 heterocycles. The third kappa shape index (κ3) is 5.13. The summed E-state index contributed by atoms with van der Waals surface area (Å²) in [4.78, 5) is 14.6. The highest BCUT2D eigenvalue weighted by Gasteiger charge is 2.42. The Morgan fingerprint density at radius 2 is 2.03 bits per heavy atom. The fourth-order valence-corrected chi connectivity index (χ4v) is 4.98. The molecule has 0 bridgehead atoms. The first kappa shape index (κ1) is 24.1. The quantitative estimate of drug-likeness (QED) is 0.335. The molecule has 5 N–H and O–H groups in total. The summed E-state index contributed by atoms with van der Waals surface area (Å²) in [6.45, 7) is 4.45. The SMILES string of the molecule is CC(C)NC(=O)Nc1ccc(C2C(N)c3ccc(OCCCc4nnn[nH]4)cc3N2C2CCC2)cc1. The van der Waals surface area contributed by atoms with E-state index in [1.807, 2.05) is 32.0 Å². The van der Waals surface area contributed by atoms with Crippen LogP contribution in [0.1, 0.15) is 68.6 Å². The van der Waals surface area contributed by atoms with Crippen LogP contribution in [0.25, 0.3) is 0 Å². The number of nitrogens with zero attached hydrogens (tertiary/aromatic N) is 4. The summed E-state index contributed by atoms with van der Waals surface area (Å²) in [5, 5.41) is 19.6. The van der Waals surface area contributed by atoms with E-state index in [2.05, 4.69) is 60.4 Å². The number of hydrogen-bond donors (Lipinski definition) is 4. The first-order valence-electron chi connectivity index (χ1n) is 12.7. The lowest BCUT2D eigenvalue weighted by Crippen LogP contribution is -2.42. The third-order valence-corrected chi connectivity index (χ3v) is 6.89. The molecule has 2 aliphatic rings. The second-order valence-corrected chi connectivity index (χ2v) is 9.86. The predicted molar refractivity (Wildman–Crippen MR) is 138 cm³/mol. The van der Waals surface area contributed by atoms with Crippen molar-refractivity contribution in [2.45, 2.75) is 70.1 Å². The summed E-state index contributed by atoms with van der Waals surface area (Å²) in [5.74, 6) is 1.61. The van der Waals surface area contributed by atoms with Gasteiger partial charge in [0, 0.05) is 35.9 Å². The van der Waals surface area contributed by atoms with Gasteiger partial charge in [0.2, 0.25) is 0 Å². The van der Waals surface area contributed by atoms with Crippen molar-refractivity contribution in [1.29, 1.82) is 0 Å². The van der Waals surface area contributed by atoms with E-state index in [-0.39, 0.29) is 24.2 Å². The van der Waals surface area contributed by atoms with Gasteiger partial charge in [0.1, 0.15) is 11.6 Å². The molecule has 190 valence electrons. The molecule has 10 nitrogen and oxygen atoms in total. The average Bonchev–Trinajstić information content (AvgIpc) is 3.43. The molecule has 1 aliphatic heterocycles. The van der Waals surface area contributed by atoms with E-state index in [1.165, 1.54) is 6.42 Å². The highest BCUT2D eigenvalue weighted by molar-refractivity contribution is 5.89. The third-order valence-electron chi connectivity index (χ3n) is 6.89. The lowest BCUT2D eigenvalue weighted by Gasteiger charge is -2.41. The van der Waals surface area contributed by atoms with E-state index in [9.17, 15) is 4.79 Å². The van der Waals surface area contributed by atoms with E-state index >= 15 is 0 Å². The summed E-state index contributed by atoms with van der Waals surface area (Å²) in [5.41, 5.74) is 11.0. The standard InChI is InChI=1S/C26H34N8O2/c1-16(2)28-26(35)29-18-10-8-17(9-11-18)25-24(27)21-13-12-20(15-22(21)34(25)19-5-3-6-19)36-14-4-7-23-30-32-33-31-23/h8-13,15-16,19,24-25H,3-7,14,27H2,1-2H3,(H2,28,29,35)(H,30,31,32,33). The molecule has 0 radical (unpaired) electrons. The minimum Gasteiger partial charge on any atom is -0.494 e. The molecule has 0 saturated heterocycles. The fourth-order valence-electron chi connectivity index (χ4n) is 4.98. The monoisotopic (exact) mass is 490 g/mol. The van der Waals surface area contributed by atoms with Crippen LogP contribution in [-0.4, -0.2) is 45.3 Å². The van der Waals surface area contributed by atoms with Crippen LogP contribution in [0.3, 0.4) is 0 Å². The maximum atomic E-state index is 12.1. The number of tetrazole rings is 1. The van der Waals surface area contributed by atoms with E-state index < -0.39 is 0 Å². The van der Waals surface area contributed by atoms with Crippen molar-refractivity contribution in [3.63, 3.8) is 0 Å². The Balaban J connectivity index is 1.30. The predicted octanol–water partition coefficient (Wildman–Crippen LogP) is 3.85. The van der Waals surface area contributed by atoms with Crippen LogP contribution < -0.4 is 26.0 Å². The van der Waals surface area contributed by atoms with E-state index in [0.29, 0.717) is 12.6 Å². The topological polar surface area (TPSA) is 134 Å². The summed E-state index contributed by atoms with van der Waals surface area (Å²) in [6, 6.07) is 14.5. The Hall–Kier alpha value is -3.66. The van der Waals surface area contributed by atoms with Gasteiger partial charge in [-0.1, -0.05) is 18.2 Å². The molecule has 2 amide bonds. The molecule has 3 aromatic rings. The number of nitrogens with two attached hydrogens (primary N) is 1. The Kier molecular flexibility index (Phi) is 7.04. The largest absolute Gasteiger partial charge is 0.494 e. The van der Waals surface area contributed by atoms with Crippen LogP contribution in [0.2, 0.25) is 0 Å². The van der Waals surface area contributed by atoms with Crippen LogP contribution in [0.15, 0.2) is 42.5 Å². The Bertz CT molecular complexity index is 1160. The van der Waals surface area contributed by atoms with Crippen molar-refractivity contribution in [2.75, 3.05) is 16.8 Å². The number of ether oxygens (including phenoxy) is 1. The van der Waals surface area contributed by atoms with Gasteiger partial charge in [0.25, 0.3) is 0 Å². The lowest BCUT2D eigenvalue weighted by molar-refractivity contribution is 0.250. The molecule has 5 rings (SSSR count). The van der Waals surface area contributed by atoms with Crippen LogP contribution in [-0.2, 0) is 6.42 Å².